The van der Waals surface area contributed by atoms with Crippen LogP contribution in [0.5, 0.6) is 0 Å². The second kappa shape index (κ2) is 6.19. The molecule has 1 aromatic heterocycles. The summed E-state index contributed by atoms with van der Waals surface area (Å²) in [6.45, 7) is 0. The molecule has 2 aromatic rings. The molecule has 2 aliphatic carbocycles. The van der Waals surface area contributed by atoms with Gasteiger partial charge >= 0.3 is 5.97 Å². The minimum atomic E-state index is -3.85. The summed E-state index contributed by atoms with van der Waals surface area (Å²) in [7, 11) is -2.64. The number of aryl methyl sites for hydroxylation is 1. The number of methoxy groups -OCH3 is 1. The molecule has 4 rings (SSSR count). The van der Waals surface area contributed by atoms with E-state index in [0.29, 0.717) is 5.92 Å². The normalized spacial score (nSPS) is 21.8. The lowest BCUT2D eigenvalue weighted by Gasteiger charge is -2.20. The fourth-order valence-electron chi connectivity index (χ4n) is 3.99. The molecule has 1 heterocycles. The number of nitrogens with one attached hydrogen (secondary N) is 1. The maximum Gasteiger partial charge on any atom is 0.358 e. The Morgan fingerprint density at radius 3 is 3.04 bits per heavy atom. The molecular weight excluding hydrogens is 360 g/mol. The molecule has 0 fully saturated rings. The van der Waals surface area contributed by atoms with E-state index in [1.165, 1.54) is 23.7 Å². The number of carbonyl (C=O) groups is 1. The Morgan fingerprint density at radius 2 is 2.24 bits per heavy atom. The van der Waals surface area contributed by atoms with Gasteiger partial charge in [-0.15, -0.1) is 11.3 Å². The third kappa shape index (κ3) is 2.78. The zero-order valence-electron chi connectivity index (χ0n) is 13.7. The second-order valence-electron chi connectivity index (χ2n) is 6.40. The van der Waals surface area contributed by atoms with E-state index in [0.717, 1.165) is 42.6 Å². The van der Waals surface area contributed by atoms with Gasteiger partial charge in [0.05, 0.1) is 12.6 Å². The molecule has 2 atom stereocenters. The highest BCUT2D eigenvalue weighted by atomic mass is 32.2. The van der Waals surface area contributed by atoms with Gasteiger partial charge in [-0.3, -0.25) is 0 Å². The minimum absolute atomic E-state index is 0.0876. The number of carbonyl (C=O) groups excluding carboxylic acids is 1. The summed E-state index contributed by atoms with van der Waals surface area (Å²) >= 11 is 0.925. The van der Waals surface area contributed by atoms with Gasteiger partial charge in [0.2, 0.25) is 0 Å². The number of nitrogens with zero attached hydrogens (tertiary/aromatic N) is 1. The molecule has 0 aliphatic heterocycles. The molecule has 0 saturated heterocycles. The van der Waals surface area contributed by atoms with Gasteiger partial charge in [-0.1, -0.05) is 18.2 Å². The number of benzene rings is 1. The summed E-state index contributed by atoms with van der Waals surface area (Å²) in [6.07, 6.45) is 4.05. The standard InChI is InChI=1S/C17H18N2O4S2/c1-23-16(20)15-17(24-9-18-15)25(21,22)19-13-8-11-6-2-4-10-5-3-7-12(13)14(10)11/h3,5,7,9,11,13,19H,2,4,6,8H2,1H3/t11-,13+/m0/s1. The molecular formula is C17H18N2O4S2. The molecule has 25 heavy (non-hydrogen) atoms. The van der Waals surface area contributed by atoms with Crippen LogP contribution in [-0.4, -0.2) is 26.5 Å². The van der Waals surface area contributed by atoms with Gasteiger partial charge in [-0.2, -0.15) is 0 Å². The van der Waals surface area contributed by atoms with Crippen molar-refractivity contribution in [1.82, 2.24) is 9.71 Å². The van der Waals surface area contributed by atoms with Crippen LogP contribution < -0.4 is 4.72 Å². The molecule has 0 saturated carbocycles. The van der Waals surface area contributed by atoms with Crippen LogP contribution in [0, 0.1) is 0 Å². The third-order valence-electron chi connectivity index (χ3n) is 4.99. The number of hydrogen-bond donors (Lipinski definition) is 1. The van der Waals surface area contributed by atoms with Crippen LogP contribution in [0.15, 0.2) is 27.9 Å². The number of sulfonamides is 1. The Labute approximate surface area is 150 Å². The fraction of sp³-hybridized carbons (Fsp3) is 0.412. The van der Waals surface area contributed by atoms with E-state index in [2.05, 4.69) is 20.5 Å². The molecule has 2 aliphatic rings. The molecule has 0 bridgehead atoms. The molecule has 6 nitrogen and oxygen atoms in total. The Balaban J connectivity index is 1.67. The van der Waals surface area contributed by atoms with Crippen molar-refractivity contribution in [2.45, 2.75) is 41.9 Å². The van der Waals surface area contributed by atoms with E-state index in [1.54, 1.807) is 0 Å². The van der Waals surface area contributed by atoms with Crippen LogP contribution in [0.4, 0.5) is 0 Å². The van der Waals surface area contributed by atoms with Crippen molar-refractivity contribution < 1.29 is 17.9 Å². The quantitative estimate of drug-likeness (QED) is 0.827. The lowest BCUT2D eigenvalue weighted by atomic mass is 9.84. The molecule has 1 aromatic carbocycles. The first-order valence-electron chi connectivity index (χ1n) is 8.17. The molecule has 0 spiro atoms. The number of ether oxygens (including phenoxy) is 1. The third-order valence-corrected chi connectivity index (χ3v) is 7.83. The molecule has 8 heteroatoms. The average molecular weight is 378 g/mol. The minimum Gasteiger partial charge on any atom is -0.464 e. The van der Waals surface area contributed by atoms with Crippen molar-refractivity contribution in [2.75, 3.05) is 7.11 Å². The van der Waals surface area contributed by atoms with Crippen molar-refractivity contribution in [3.8, 4) is 0 Å². The zero-order chi connectivity index (χ0) is 17.6. The van der Waals surface area contributed by atoms with E-state index >= 15 is 0 Å². The topological polar surface area (TPSA) is 85.4 Å². The zero-order valence-corrected chi connectivity index (χ0v) is 15.3. The Morgan fingerprint density at radius 1 is 1.40 bits per heavy atom. The second-order valence-corrected chi connectivity index (χ2v) is 9.16. The van der Waals surface area contributed by atoms with Gasteiger partial charge in [0.1, 0.15) is 0 Å². The highest BCUT2D eigenvalue weighted by Gasteiger charge is 2.38. The maximum atomic E-state index is 12.8. The predicted octanol–water partition coefficient (Wildman–Crippen LogP) is 2.77. The highest BCUT2D eigenvalue weighted by Crippen LogP contribution is 2.47. The lowest BCUT2D eigenvalue weighted by molar-refractivity contribution is 0.0590. The Kier molecular flexibility index (Phi) is 4.13. The van der Waals surface area contributed by atoms with E-state index in [9.17, 15) is 13.2 Å². The van der Waals surface area contributed by atoms with Crippen LogP contribution in [-0.2, 0) is 21.2 Å². The van der Waals surface area contributed by atoms with Gasteiger partial charge < -0.3 is 4.74 Å². The van der Waals surface area contributed by atoms with E-state index < -0.39 is 16.0 Å². The smallest absolute Gasteiger partial charge is 0.358 e. The predicted molar refractivity (Wildman–Crippen MR) is 93.3 cm³/mol. The average Bonchev–Trinajstić information content (AvgIpc) is 3.22. The molecule has 132 valence electrons. The van der Waals surface area contributed by atoms with Crippen LogP contribution in [0.1, 0.15) is 58.4 Å². The van der Waals surface area contributed by atoms with Crippen molar-refractivity contribution in [3.63, 3.8) is 0 Å². The number of esters is 1. The van der Waals surface area contributed by atoms with Crippen molar-refractivity contribution in [1.29, 1.82) is 0 Å². The van der Waals surface area contributed by atoms with Crippen LogP contribution in [0.25, 0.3) is 0 Å². The number of aromatic nitrogens is 1. The Bertz CT molecular complexity index is 936. The maximum absolute atomic E-state index is 12.8. The van der Waals surface area contributed by atoms with Gasteiger partial charge in [0, 0.05) is 6.04 Å². The van der Waals surface area contributed by atoms with Crippen LogP contribution in [0.2, 0.25) is 0 Å². The summed E-state index contributed by atoms with van der Waals surface area (Å²) in [5.41, 5.74) is 4.91. The molecule has 0 radical (unpaired) electrons. The van der Waals surface area contributed by atoms with Crippen LogP contribution in [0.3, 0.4) is 0 Å². The van der Waals surface area contributed by atoms with Crippen molar-refractivity contribution in [2.24, 2.45) is 0 Å². The Hall–Kier alpha value is -1.77. The largest absolute Gasteiger partial charge is 0.464 e. The van der Waals surface area contributed by atoms with E-state index in [1.807, 2.05) is 12.1 Å². The first kappa shape index (κ1) is 16.7. The van der Waals surface area contributed by atoms with E-state index in [4.69, 9.17) is 0 Å². The SMILES string of the molecule is COC(=O)c1ncsc1S(=O)(=O)N[C@@H]1C[C@@H]2CCCc3cccc1c32. The van der Waals surface area contributed by atoms with Gasteiger partial charge in [0.25, 0.3) is 10.0 Å². The summed E-state index contributed by atoms with van der Waals surface area (Å²) in [5, 5.41) is 0. The number of thiazole rings is 1. The van der Waals surface area contributed by atoms with Gasteiger partial charge in [-0.05, 0) is 48.3 Å². The summed E-state index contributed by atoms with van der Waals surface area (Å²) in [5.74, 6) is -0.333. The fourth-order valence-corrected chi connectivity index (χ4v) is 6.37. The molecule has 1 N–H and O–H groups in total. The summed E-state index contributed by atoms with van der Waals surface area (Å²) in [4.78, 5) is 15.6. The lowest BCUT2D eigenvalue weighted by Crippen LogP contribution is -2.28. The summed E-state index contributed by atoms with van der Waals surface area (Å²) < 4.78 is 33.0. The first-order valence-corrected chi connectivity index (χ1v) is 10.5. The molecule has 0 amide bonds. The molecule has 0 unspecified atom stereocenters. The number of hydrogen-bond acceptors (Lipinski definition) is 6. The van der Waals surface area contributed by atoms with Crippen molar-refractivity contribution in [3.05, 3.63) is 46.1 Å². The summed E-state index contributed by atoms with van der Waals surface area (Å²) in [6, 6.07) is 5.87. The first-order chi connectivity index (χ1) is 12.0. The van der Waals surface area contributed by atoms with Crippen molar-refractivity contribution >= 4 is 27.3 Å². The monoisotopic (exact) mass is 378 g/mol. The van der Waals surface area contributed by atoms with Gasteiger partial charge in [-0.25, -0.2) is 22.9 Å². The number of rotatable bonds is 4. The van der Waals surface area contributed by atoms with E-state index in [-0.39, 0.29) is 15.9 Å². The highest BCUT2D eigenvalue weighted by molar-refractivity contribution is 7.91. The van der Waals surface area contributed by atoms with Gasteiger partial charge in [0.15, 0.2) is 9.90 Å². The van der Waals surface area contributed by atoms with Crippen LogP contribution >= 0.6 is 11.3 Å².